The van der Waals surface area contributed by atoms with Gasteiger partial charge in [0.15, 0.2) is 23.7 Å². The van der Waals surface area contributed by atoms with E-state index < -0.39 is 51.7 Å². The van der Waals surface area contributed by atoms with Gasteiger partial charge in [0.1, 0.15) is 79.9 Å². The highest BCUT2D eigenvalue weighted by Crippen LogP contribution is 2.39. The second-order valence-corrected chi connectivity index (χ2v) is 26.3. The number of aryl methyl sites for hydroxylation is 9. The fourth-order valence-electron chi connectivity index (χ4n) is 11.2. The van der Waals surface area contributed by atoms with Gasteiger partial charge in [-0.2, -0.15) is 15.2 Å². The lowest BCUT2D eigenvalue weighted by Gasteiger charge is -2.38. The maximum atomic E-state index is 14.6. The SMILES string of the molecule is Cc1cc(F)c(N)c(Br)c1.Cc1cc(F)c(N)c(C=O)c1.Cc1cc(F)c2[nH]c(=O)c(C#N)cc2c1.Cc1cc(F)c2[nH]c(=O)c(C(=O)O)cc2c1.Cc1cc(F)c2nc(Cl)c(-c3nc(C)no3)cc2c1.Cc1cc(F)c2nc(N3CCC4(CC3)OCCO4)c(-c3nc(C)no3)cc2c1.Cc1ccc(N)c(F)c1. The van der Waals surface area contributed by atoms with Crippen LogP contribution in [-0.2, 0) is 9.47 Å². The number of aromatic nitrogens is 8. The normalized spacial score (nSPS) is 12.6. The zero-order chi connectivity index (χ0) is 78.7. The zero-order valence-electron chi connectivity index (χ0n) is 59.2. The Morgan fingerprint density at radius 3 is 1.51 bits per heavy atom. The van der Waals surface area contributed by atoms with Crippen molar-refractivity contribution in [1.82, 2.24) is 40.2 Å². The Morgan fingerprint density at radius 1 is 0.565 bits per heavy atom. The van der Waals surface area contributed by atoms with E-state index in [0.29, 0.717) is 110 Å². The van der Waals surface area contributed by atoms with Crippen molar-refractivity contribution in [2.24, 2.45) is 0 Å². The highest BCUT2D eigenvalue weighted by molar-refractivity contribution is 9.10. The number of halogens is 9. The predicted octanol–water partition coefficient (Wildman–Crippen LogP) is 16.3. The largest absolute Gasteiger partial charge is 0.477 e. The summed E-state index contributed by atoms with van der Waals surface area (Å²) in [6.45, 7) is 18.6. The third-order valence-electron chi connectivity index (χ3n) is 16.4. The minimum Gasteiger partial charge on any atom is -0.477 e. The smallest absolute Gasteiger partial charge is 0.341 e. The number of aromatic amines is 2. The average Bonchev–Trinajstić information content (AvgIpc) is 1.22. The third-order valence-corrected chi connectivity index (χ3v) is 17.3. The summed E-state index contributed by atoms with van der Waals surface area (Å²) >= 11 is 9.19. The van der Waals surface area contributed by atoms with Crippen LogP contribution in [0.1, 0.15) is 89.7 Å². The number of carboxylic acid groups (broad SMARTS) is 1. The van der Waals surface area contributed by atoms with Crippen LogP contribution in [0.3, 0.4) is 0 Å². The van der Waals surface area contributed by atoms with Gasteiger partial charge < -0.3 is 55.7 Å². The first-order chi connectivity index (χ1) is 51.1. The maximum Gasteiger partial charge on any atom is 0.341 e. The molecule has 108 heavy (non-hydrogen) atoms. The van der Waals surface area contributed by atoms with Crippen LogP contribution in [0.15, 0.2) is 138 Å². The van der Waals surface area contributed by atoms with Gasteiger partial charge in [-0.3, -0.25) is 14.4 Å². The molecule has 0 unspecified atom stereocenters. The second-order valence-electron chi connectivity index (χ2n) is 25.1. The number of benzene rings is 7. The zero-order valence-corrected chi connectivity index (χ0v) is 61.6. The lowest BCUT2D eigenvalue weighted by Crippen LogP contribution is -2.45. The van der Waals surface area contributed by atoms with Crippen LogP contribution in [0.25, 0.3) is 66.5 Å². The van der Waals surface area contributed by atoms with Gasteiger partial charge in [-0.1, -0.05) is 28.0 Å². The number of rotatable bonds is 5. The summed E-state index contributed by atoms with van der Waals surface area (Å²) in [5.74, 6) is -2.48. The number of pyridine rings is 4. The number of carboxylic acids is 1. The number of anilines is 4. The molecule has 0 saturated carbocycles. The number of aldehydes is 1. The van der Waals surface area contributed by atoms with Gasteiger partial charge in [-0.15, -0.1) is 0 Å². The minimum atomic E-state index is -1.33. The number of aromatic carboxylic acids is 1. The summed E-state index contributed by atoms with van der Waals surface area (Å²) in [5, 5.41) is 27.4. The lowest BCUT2D eigenvalue weighted by molar-refractivity contribution is -0.169. The second kappa shape index (κ2) is 34.6. The molecular formula is C77H68BrClF7N13O9. The number of nitrogens with one attached hydrogen (secondary N) is 2. The van der Waals surface area contributed by atoms with Crippen LogP contribution in [0.5, 0.6) is 0 Å². The van der Waals surface area contributed by atoms with E-state index in [1.54, 1.807) is 83.2 Å². The first kappa shape index (κ1) is 80.2. The van der Waals surface area contributed by atoms with Gasteiger partial charge in [0.2, 0.25) is 0 Å². The van der Waals surface area contributed by atoms with E-state index in [0.717, 1.165) is 40.7 Å². The molecule has 7 aromatic carbocycles. The number of nitrogens with two attached hydrogens (primary N) is 3. The summed E-state index contributed by atoms with van der Waals surface area (Å²) in [4.78, 5) is 67.5. The number of piperidine rings is 1. The van der Waals surface area contributed by atoms with Gasteiger partial charge >= 0.3 is 5.97 Å². The van der Waals surface area contributed by atoms with E-state index in [9.17, 15) is 49.9 Å². The molecule has 0 aliphatic carbocycles. The quantitative estimate of drug-likeness (QED) is 0.0403. The molecular weight excluding hydrogens is 1500 g/mol. The highest BCUT2D eigenvalue weighted by atomic mass is 79.9. The predicted molar refractivity (Wildman–Crippen MR) is 400 cm³/mol. The molecule has 31 heteroatoms. The first-order valence-electron chi connectivity index (χ1n) is 32.7. The van der Waals surface area contributed by atoms with Crippen LogP contribution in [-0.4, -0.2) is 89.7 Å². The maximum absolute atomic E-state index is 14.6. The molecule has 1 spiro atoms. The van der Waals surface area contributed by atoms with Crippen molar-refractivity contribution < 1.29 is 63.9 Å². The van der Waals surface area contributed by atoms with E-state index in [1.165, 1.54) is 54.6 Å². The summed E-state index contributed by atoms with van der Waals surface area (Å²) in [5.41, 5.74) is 22.0. The van der Waals surface area contributed by atoms with Crippen molar-refractivity contribution in [3.63, 3.8) is 0 Å². The van der Waals surface area contributed by atoms with Crippen molar-refractivity contribution >= 4 is 106 Å². The molecule has 22 nitrogen and oxygen atoms in total. The number of H-pyrrole nitrogens is 2. The van der Waals surface area contributed by atoms with Crippen LogP contribution in [0.4, 0.5) is 53.6 Å². The van der Waals surface area contributed by atoms with E-state index in [4.69, 9.17) is 57.7 Å². The number of carbonyl (C=O) groups is 2. The molecule has 0 bridgehead atoms. The van der Waals surface area contributed by atoms with Gasteiger partial charge in [-0.25, -0.2) is 45.5 Å². The Bertz CT molecular complexity index is 5740. The molecule has 13 aromatic rings. The number of hydrogen-bond donors (Lipinski definition) is 6. The van der Waals surface area contributed by atoms with Crippen molar-refractivity contribution in [2.45, 2.75) is 80.9 Å². The van der Waals surface area contributed by atoms with Crippen molar-refractivity contribution in [3.8, 4) is 29.0 Å². The number of fused-ring (bicyclic) bond motifs is 4. The molecule has 9 N–H and O–H groups in total. The van der Waals surface area contributed by atoms with Crippen LogP contribution in [0, 0.1) is 114 Å². The van der Waals surface area contributed by atoms with E-state index >= 15 is 0 Å². The summed E-state index contributed by atoms with van der Waals surface area (Å²) < 4.78 is 116. The number of ether oxygens (including phenoxy) is 2. The Labute approximate surface area is 624 Å². The number of hydrogen-bond acceptors (Lipinski definition) is 19. The molecule has 2 aliphatic heterocycles. The van der Waals surface area contributed by atoms with E-state index in [-0.39, 0.29) is 73.2 Å². The monoisotopic (exact) mass is 1570 g/mol. The van der Waals surface area contributed by atoms with Gasteiger partial charge in [-0.05, 0) is 226 Å². The van der Waals surface area contributed by atoms with Gasteiger partial charge in [0.05, 0.1) is 52.4 Å². The summed E-state index contributed by atoms with van der Waals surface area (Å²) in [6.07, 6.45) is 2.00. The molecule has 2 fully saturated rings. The Balaban J connectivity index is 0.000000151. The number of carbonyl (C=O) groups excluding carboxylic acids is 1. The van der Waals surface area contributed by atoms with Crippen molar-refractivity contribution in [1.29, 1.82) is 5.26 Å². The van der Waals surface area contributed by atoms with Crippen molar-refractivity contribution in [3.05, 3.63) is 254 Å². The fourth-order valence-corrected chi connectivity index (χ4v) is 12.0. The summed E-state index contributed by atoms with van der Waals surface area (Å²) in [7, 11) is 0. The fraction of sp³-hybridized carbons (Fsp3) is 0.208. The van der Waals surface area contributed by atoms with Crippen LogP contribution in [0.2, 0.25) is 5.15 Å². The van der Waals surface area contributed by atoms with Crippen molar-refractivity contribution in [2.75, 3.05) is 48.4 Å². The first-order valence-corrected chi connectivity index (χ1v) is 33.9. The molecule has 0 atom stereocenters. The Hall–Kier alpha value is -11.9. The van der Waals surface area contributed by atoms with Gasteiger partial charge in [0, 0.05) is 57.5 Å². The highest BCUT2D eigenvalue weighted by Gasteiger charge is 2.41. The molecule has 15 rings (SSSR count). The third kappa shape index (κ3) is 19.6. The Morgan fingerprint density at radius 2 is 1.02 bits per heavy atom. The minimum absolute atomic E-state index is 0.00694. The molecule has 8 heterocycles. The van der Waals surface area contributed by atoms with E-state index in [2.05, 4.69) is 61.0 Å². The number of nitrogens with zero attached hydrogens (tertiary/aromatic N) is 8. The molecule has 6 aromatic heterocycles. The average molecular weight is 1570 g/mol. The topological polar surface area (TPSA) is 347 Å². The molecule has 558 valence electrons. The summed E-state index contributed by atoms with van der Waals surface area (Å²) in [6, 6.07) is 31.3. The standard InChI is InChI=1S/C20H21FN4O3.C13H9ClFN3O.C11H7FN2O.C11H8FNO3.C8H8FNO.C7H7BrFN.C7H8FN/c1-12-9-14-11-15(19-22-13(2)24-28-19)18(23-17(14)16(21)10-12)25-5-3-20(4-6-25)26-7-8-27-20;1-6-3-8-5-9(13-16-7(2)18-19-13)12(14)17-11(8)10(15)4-6;1-6-2-7-4-8(5-13)11(15)14-10(7)9(12)3-6;1-5-2-6-4-7(11(15)16)10(14)13-9(6)8(12)3-5;1-5-2-6(4-11)8(10)7(9)3-5;1-4-2-5(8)7(10)6(9)3-4;1-5-2-3-7(9)6(8)4-5/h9-11H,3-8H2,1-2H3;3-5H,1-2H3;2-4H,1H3,(H,14,15);2-4H,1H3,(H,13,14)(H,15,16);2-4H,10H2,1H3;2-3H,10H2,1H3;2-4H,9H2,1H3. The van der Waals surface area contributed by atoms with E-state index in [1.807, 2.05) is 45.9 Å². The Kier molecular flexibility index (Phi) is 25.7. The number of nitrogen functional groups attached to an aromatic ring is 3. The van der Waals surface area contributed by atoms with Gasteiger partial charge in [0.25, 0.3) is 22.9 Å². The molecule has 2 saturated heterocycles. The lowest BCUT2D eigenvalue weighted by atomic mass is 10.0. The number of nitriles is 1. The molecule has 2 aliphatic rings. The molecule has 0 radical (unpaired) electrons. The van der Waals surface area contributed by atoms with Crippen LogP contribution < -0.4 is 33.2 Å². The van der Waals surface area contributed by atoms with Crippen LogP contribution >= 0.6 is 27.5 Å². The molecule has 0 amide bonds.